The molecular weight excluding hydrogens is 211 g/mol. The molecule has 0 saturated heterocycles. The number of phenolic OH excluding ortho intramolecular Hbond substituents is 1. The van der Waals surface area contributed by atoms with Gasteiger partial charge in [-0.05, 0) is 17.7 Å². The van der Waals surface area contributed by atoms with Crippen LogP contribution in [0.1, 0.15) is 0 Å². The molecule has 1 aromatic heterocycles. The van der Waals surface area contributed by atoms with Crippen molar-refractivity contribution in [1.29, 1.82) is 0 Å². The van der Waals surface area contributed by atoms with Gasteiger partial charge < -0.3 is 16.6 Å². The summed E-state index contributed by atoms with van der Waals surface area (Å²) in [6.07, 6.45) is 1.23. The predicted octanol–water partition coefficient (Wildman–Crippen LogP) is 1.15. The molecule has 2 aromatic rings. The third kappa shape index (κ3) is 1.60. The van der Waals surface area contributed by atoms with E-state index in [9.17, 15) is 4.39 Å². The fraction of sp³-hybridized carbons (Fsp3) is 0. The van der Waals surface area contributed by atoms with Crippen LogP contribution in [0.4, 0.5) is 16.0 Å². The summed E-state index contributed by atoms with van der Waals surface area (Å²) in [4.78, 5) is 7.54. The lowest BCUT2D eigenvalue weighted by molar-refractivity contribution is 0.432. The van der Waals surface area contributed by atoms with Crippen LogP contribution in [-0.2, 0) is 0 Å². The van der Waals surface area contributed by atoms with Crippen LogP contribution in [0, 0.1) is 5.82 Å². The average molecular weight is 220 g/mol. The normalized spacial score (nSPS) is 10.3. The second kappa shape index (κ2) is 3.65. The van der Waals surface area contributed by atoms with Crippen molar-refractivity contribution in [2.75, 3.05) is 11.5 Å². The van der Waals surface area contributed by atoms with Gasteiger partial charge in [-0.2, -0.15) is 0 Å². The largest absolute Gasteiger partial charge is 0.505 e. The molecular formula is C10H9FN4O. The van der Waals surface area contributed by atoms with Gasteiger partial charge in [0.05, 0.1) is 5.56 Å². The molecule has 0 fully saturated rings. The molecule has 82 valence electrons. The van der Waals surface area contributed by atoms with Crippen LogP contribution in [0.15, 0.2) is 24.5 Å². The van der Waals surface area contributed by atoms with Gasteiger partial charge >= 0.3 is 0 Å². The molecule has 0 bridgehead atoms. The molecule has 0 aliphatic carbocycles. The van der Waals surface area contributed by atoms with Gasteiger partial charge in [-0.1, -0.05) is 6.07 Å². The number of nitrogen functional groups attached to an aromatic ring is 2. The first-order chi connectivity index (χ1) is 7.59. The molecule has 16 heavy (non-hydrogen) atoms. The quantitative estimate of drug-likeness (QED) is 0.669. The van der Waals surface area contributed by atoms with Crippen LogP contribution in [-0.4, -0.2) is 15.1 Å². The summed E-state index contributed by atoms with van der Waals surface area (Å²) in [6, 6.07) is 3.83. The van der Waals surface area contributed by atoms with Crippen LogP contribution in [0.2, 0.25) is 0 Å². The highest BCUT2D eigenvalue weighted by atomic mass is 19.1. The van der Waals surface area contributed by atoms with Crippen LogP contribution in [0.5, 0.6) is 5.75 Å². The van der Waals surface area contributed by atoms with E-state index in [0.29, 0.717) is 11.1 Å². The number of nitrogens with two attached hydrogens (primary N) is 2. The molecule has 0 aliphatic heterocycles. The smallest absolute Gasteiger partial charge is 0.165 e. The van der Waals surface area contributed by atoms with Gasteiger partial charge in [0.2, 0.25) is 0 Å². The van der Waals surface area contributed by atoms with Crippen LogP contribution >= 0.6 is 0 Å². The van der Waals surface area contributed by atoms with E-state index in [-0.39, 0.29) is 11.6 Å². The fourth-order valence-electron chi connectivity index (χ4n) is 1.37. The highest BCUT2D eigenvalue weighted by Crippen LogP contribution is 2.30. The first kappa shape index (κ1) is 10.2. The Kier molecular flexibility index (Phi) is 2.32. The van der Waals surface area contributed by atoms with E-state index in [1.165, 1.54) is 18.5 Å². The van der Waals surface area contributed by atoms with Crippen LogP contribution < -0.4 is 11.5 Å². The maximum Gasteiger partial charge on any atom is 0.165 e. The second-order valence-corrected chi connectivity index (χ2v) is 3.19. The molecule has 0 radical (unpaired) electrons. The molecule has 0 atom stereocenters. The molecule has 5 nitrogen and oxygen atoms in total. The number of halogens is 1. The summed E-state index contributed by atoms with van der Waals surface area (Å²) >= 11 is 0. The molecule has 1 heterocycles. The highest BCUT2D eigenvalue weighted by Gasteiger charge is 2.11. The number of anilines is 2. The molecule has 1 aromatic carbocycles. The van der Waals surface area contributed by atoms with E-state index < -0.39 is 11.6 Å². The Hall–Kier alpha value is -2.37. The fourth-order valence-corrected chi connectivity index (χ4v) is 1.37. The third-order valence-electron chi connectivity index (χ3n) is 2.14. The molecule has 0 amide bonds. The second-order valence-electron chi connectivity index (χ2n) is 3.19. The van der Waals surface area contributed by atoms with Gasteiger partial charge in [-0.25, -0.2) is 14.4 Å². The number of rotatable bonds is 1. The highest BCUT2D eigenvalue weighted by molar-refractivity contribution is 5.82. The Morgan fingerprint density at radius 3 is 2.31 bits per heavy atom. The molecule has 0 aliphatic rings. The zero-order valence-electron chi connectivity index (χ0n) is 8.18. The number of hydrogen-bond donors (Lipinski definition) is 3. The molecule has 0 unspecified atom stereocenters. The number of aromatic nitrogens is 2. The summed E-state index contributed by atoms with van der Waals surface area (Å²) in [7, 11) is 0. The van der Waals surface area contributed by atoms with Crippen molar-refractivity contribution in [2.24, 2.45) is 0 Å². The van der Waals surface area contributed by atoms with Crippen molar-refractivity contribution in [3.05, 3.63) is 30.3 Å². The van der Waals surface area contributed by atoms with Crippen LogP contribution in [0.3, 0.4) is 0 Å². The molecule has 6 heteroatoms. The van der Waals surface area contributed by atoms with Gasteiger partial charge in [0.25, 0.3) is 0 Å². The SMILES string of the molecule is Nc1ncnc(N)c1-c1ccc(O)c(F)c1. The zero-order chi connectivity index (χ0) is 11.7. The Morgan fingerprint density at radius 2 is 1.75 bits per heavy atom. The Labute approximate surface area is 90.6 Å². The van der Waals surface area contributed by atoms with Crippen LogP contribution in [0.25, 0.3) is 11.1 Å². The summed E-state index contributed by atoms with van der Waals surface area (Å²) in [5, 5.41) is 9.06. The van der Waals surface area contributed by atoms with Gasteiger partial charge in [0.15, 0.2) is 11.6 Å². The van der Waals surface area contributed by atoms with Crippen molar-refractivity contribution in [3.63, 3.8) is 0 Å². The number of aromatic hydroxyl groups is 1. The van der Waals surface area contributed by atoms with E-state index in [2.05, 4.69) is 9.97 Å². The number of hydrogen-bond acceptors (Lipinski definition) is 5. The van der Waals surface area contributed by atoms with Gasteiger partial charge in [0, 0.05) is 0 Å². The summed E-state index contributed by atoms with van der Waals surface area (Å²) in [5.74, 6) is -0.854. The summed E-state index contributed by atoms with van der Waals surface area (Å²) in [6.45, 7) is 0. The van der Waals surface area contributed by atoms with Crippen molar-refractivity contribution in [2.45, 2.75) is 0 Å². The van der Waals surface area contributed by atoms with Crippen molar-refractivity contribution < 1.29 is 9.50 Å². The van der Waals surface area contributed by atoms with Gasteiger partial charge in [-0.3, -0.25) is 0 Å². The molecule has 0 saturated carbocycles. The number of phenols is 1. The Bertz CT molecular complexity index is 524. The molecule has 0 spiro atoms. The monoisotopic (exact) mass is 220 g/mol. The summed E-state index contributed by atoms with van der Waals surface area (Å²) in [5.41, 5.74) is 12.0. The van der Waals surface area contributed by atoms with E-state index in [4.69, 9.17) is 16.6 Å². The minimum atomic E-state index is -0.750. The van der Waals surface area contributed by atoms with E-state index in [0.717, 1.165) is 6.07 Å². The average Bonchev–Trinajstić information content (AvgIpc) is 2.23. The van der Waals surface area contributed by atoms with E-state index in [1.807, 2.05) is 0 Å². The maximum absolute atomic E-state index is 13.2. The number of benzene rings is 1. The van der Waals surface area contributed by atoms with Crippen molar-refractivity contribution in [3.8, 4) is 16.9 Å². The van der Waals surface area contributed by atoms with E-state index >= 15 is 0 Å². The minimum Gasteiger partial charge on any atom is -0.505 e. The molecule has 5 N–H and O–H groups in total. The minimum absolute atomic E-state index is 0.164. The third-order valence-corrected chi connectivity index (χ3v) is 2.14. The van der Waals surface area contributed by atoms with Crippen molar-refractivity contribution in [1.82, 2.24) is 9.97 Å². The van der Waals surface area contributed by atoms with Crippen molar-refractivity contribution >= 4 is 11.6 Å². The van der Waals surface area contributed by atoms with E-state index in [1.54, 1.807) is 0 Å². The summed E-state index contributed by atoms with van der Waals surface area (Å²) < 4.78 is 13.2. The zero-order valence-corrected chi connectivity index (χ0v) is 8.18. The lowest BCUT2D eigenvalue weighted by Crippen LogP contribution is -2.01. The maximum atomic E-state index is 13.2. The number of nitrogens with zero attached hydrogens (tertiary/aromatic N) is 2. The van der Waals surface area contributed by atoms with Gasteiger partial charge in [-0.15, -0.1) is 0 Å². The standard InChI is InChI=1S/C10H9FN4O/c11-6-3-5(1-2-7(6)16)8-9(12)14-4-15-10(8)13/h1-4,16H,(H4,12,13,14,15). The van der Waals surface area contributed by atoms with Gasteiger partial charge in [0.1, 0.15) is 18.0 Å². The Balaban J connectivity index is 2.63. The Morgan fingerprint density at radius 1 is 1.12 bits per heavy atom. The lowest BCUT2D eigenvalue weighted by Gasteiger charge is -2.07. The molecule has 2 rings (SSSR count). The lowest BCUT2D eigenvalue weighted by atomic mass is 10.1. The predicted molar refractivity (Wildman–Crippen MR) is 57.9 cm³/mol. The first-order valence-electron chi connectivity index (χ1n) is 4.44. The topological polar surface area (TPSA) is 98.0 Å². The first-order valence-corrected chi connectivity index (χ1v) is 4.44.